The third kappa shape index (κ3) is 1.38. The maximum atomic E-state index is 13.6. The molecule has 0 fully saturated rings. The fraction of sp³-hybridized carbons (Fsp3) is 0.222. The predicted octanol–water partition coefficient (Wildman–Crippen LogP) is 3.18. The van der Waals surface area contributed by atoms with Crippen molar-refractivity contribution in [1.29, 1.82) is 0 Å². The van der Waals surface area contributed by atoms with E-state index in [1.54, 1.807) is 18.2 Å². The lowest BCUT2D eigenvalue weighted by molar-refractivity contribution is 0.0882. The molecule has 0 spiro atoms. The van der Waals surface area contributed by atoms with E-state index in [0.717, 1.165) is 0 Å². The molecular formula is C9H5ClFIO. The van der Waals surface area contributed by atoms with E-state index in [0.29, 0.717) is 16.1 Å². The van der Waals surface area contributed by atoms with Gasteiger partial charge in [-0.2, -0.15) is 0 Å². The molecule has 0 bridgehead atoms. The Balaban J connectivity index is 2.63. The van der Waals surface area contributed by atoms with Crippen molar-refractivity contribution in [3.05, 3.63) is 34.3 Å². The molecule has 68 valence electrons. The van der Waals surface area contributed by atoms with Crippen molar-refractivity contribution in [2.24, 2.45) is 0 Å². The standard InChI is InChI=1S/C9H5ClFIO/c10-7-3-1-2-5-6(7)4-9(11,12)8(5)13/h1-3H,4H2. The molecule has 1 unspecified atom stereocenters. The minimum atomic E-state index is -1.80. The Morgan fingerprint density at radius 3 is 2.85 bits per heavy atom. The summed E-state index contributed by atoms with van der Waals surface area (Å²) in [5.41, 5.74) is 1.05. The molecule has 1 aliphatic rings. The molecule has 1 atom stereocenters. The van der Waals surface area contributed by atoms with E-state index in [9.17, 15) is 9.18 Å². The average Bonchev–Trinajstić information content (AvgIpc) is 2.28. The van der Waals surface area contributed by atoms with E-state index in [1.165, 1.54) is 22.6 Å². The SMILES string of the molecule is O=C1c2cccc(Cl)c2CC1(F)I. The van der Waals surface area contributed by atoms with Crippen LogP contribution in [0, 0.1) is 0 Å². The third-order valence-electron chi connectivity index (χ3n) is 2.09. The summed E-state index contributed by atoms with van der Waals surface area (Å²) in [6.07, 6.45) is 0.0847. The zero-order chi connectivity index (χ0) is 9.64. The van der Waals surface area contributed by atoms with Crippen molar-refractivity contribution in [1.82, 2.24) is 0 Å². The summed E-state index contributed by atoms with van der Waals surface area (Å²) < 4.78 is 11.8. The van der Waals surface area contributed by atoms with Gasteiger partial charge >= 0.3 is 0 Å². The highest BCUT2D eigenvalue weighted by Gasteiger charge is 2.44. The van der Waals surface area contributed by atoms with Gasteiger partial charge in [0.15, 0.2) is 0 Å². The van der Waals surface area contributed by atoms with E-state index in [4.69, 9.17) is 11.6 Å². The summed E-state index contributed by atoms with van der Waals surface area (Å²) in [6, 6.07) is 4.95. The molecule has 0 aliphatic heterocycles. The van der Waals surface area contributed by atoms with Crippen molar-refractivity contribution < 1.29 is 9.18 Å². The molecule has 0 saturated heterocycles. The fourth-order valence-corrected chi connectivity index (χ4v) is 2.36. The van der Waals surface area contributed by atoms with Gasteiger partial charge in [-0.15, -0.1) is 0 Å². The Labute approximate surface area is 93.4 Å². The lowest BCUT2D eigenvalue weighted by atomic mass is 10.1. The number of alkyl halides is 2. The van der Waals surface area contributed by atoms with Gasteiger partial charge in [-0.1, -0.05) is 23.7 Å². The van der Waals surface area contributed by atoms with Gasteiger partial charge < -0.3 is 0 Å². The number of carbonyl (C=O) groups excluding carboxylic acids is 1. The van der Waals surface area contributed by atoms with Crippen LogP contribution in [0.5, 0.6) is 0 Å². The quantitative estimate of drug-likeness (QED) is 0.531. The van der Waals surface area contributed by atoms with E-state index >= 15 is 0 Å². The van der Waals surface area contributed by atoms with E-state index in [2.05, 4.69) is 0 Å². The van der Waals surface area contributed by atoms with Gasteiger partial charge in [0, 0.05) is 17.0 Å². The highest BCUT2D eigenvalue weighted by atomic mass is 127. The van der Waals surface area contributed by atoms with Gasteiger partial charge in [0.1, 0.15) is 0 Å². The molecule has 2 rings (SSSR count). The van der Waals surface area contributed by atoms with Crippen LogP contribution in [0.1, 0.15) is 15.9 Å². The van der Waals surface area contributed by atoms with Crippen LogP contribution in [0.15, 0.2) is 18.2 Å². The van der Waals surface area contributed by atoms with Crippen LogP contribution >= 0.6 is 34.2 Å². The van der Waals surface area contributed by atoms with Gasteiger partial charge in [0.05, 0.1) is 0 Å². The van der Waals surface area contributed by atoms with E-state index in [1.807, 2.05) is 0 Å². The zero-order valence-corrected chi connectivity index (χ0v) is 9.39. The molecule has 4 heteroatoms. The largest absolute Gasteiger partial charge is 0.290 e. The van der Waals surface area contributed by atoms with E-state index < -0.39 is 9.46 Å². The minimum Gasteiger partial charge on any atom is -0.290 e. The Morgan fingerprint density at radius 1 is 1.54 bits per heavy atom. The van der Waals surface area contributed by atoms with Crippen molar-refractivity contribution in [2.75, 3.05) is 0 Å². The number of hydrogen-bond donors (Lipinski definition) is 0. The smallest absolute Gasteiger partial charge is 0.227 e. The van der Waals surface area contributed by atoms with Crippen LogP contribution in [0.3, 0.4) is 0 Å². The second kappa shape index (κ2) is 2.92. The minimum absolute atomic E-state index is 0.0847. The molecule has 0 heterocycles. The van der Waals surface area contributed by atoms with Crippen LogP contribution < -0.4 is 0 Å². The monoisotopic (exact) mass is 310 g/mol. The lowest BCUT2D eigenvalue weighted by Gasteiger charge is -2.05. The van der Waals surface area contributed by atoms with Crippen LogP contribution in [-0.2, 0) is 6.42 Å². The molecule has 0 N–H and O–H groups in total. The first-order chi connectivity index (χ1) is 6.02. The number of Topliss-reactive ketones (excluding diaryl/α,β-unsaturated/α-hetero) is 1. The molecule has 1 aromatic rings. The topological polar surface area (TPSA) is 17.1 Å². The molecule has 0 amide bonds. The first-order valence-corrected chi connectivity index (χ1v) is 5.18. The second-order valence-electron chi connectivity index (χ2n) is 2.98. The Bertz CT molecular complexity index is 389. The normalized spacial score (nSPS) is 26.2. The van der Waals surface area contributed by atoms with Crippen LogP contribution in [0.4, 0.5) is 4.39 Å². The molecule has 0 aromatic heterocycles. The fourth-order valence-electron chi connectivity index (χ4n) is 1.45. The first kappa shape index (κ1) is 9.40. The summed E-state index contributed by atoms with van der Waals surface area (Å²) in [7, 11) is 0. The number of hydrogen-bond acceptors (Lipinski definition) is 1. The van der Waals surface area contributed by atoms with Crippen LogP contribution in [0.2, 0.25) is 5.02 Å². The summed E-state index contributed by atoms with van der Waals surface area (Å²) in [5.74, 6) is -0.467. The Morgan fingerprint density at radius 2 is 2.23 bits per heavy atom. The number of fused-ring (bicyclic) bond motifs is 1. The maximum absolute atomic E-state index is 13.6. The van der Waals surface area contributed by atoms with Gasteiger partial charge in [0.25, 0.3) is 0 Å². The molecule has 1 aliphatic carbocycles. The number of halogens is 3. The molecule has 0 saturated carbocycles. The van der Waals surface area contributed by atoms with Crippen molar-refractivity contribution >= 4 is 40.0 Å². The van der Waals surface area contributed by atoms with Gasteiger partial charge in [-0.25, -0.2) is 4.39 Å². The van der Waals surface area contributed by atoms with Gasteiger partial charge in [0.2, 0.25) is 9.46 Å². The average molecular weight is 310 g/mol. The number of benzene rings is 1. The number of rotatable bonds is 0. The number of ketones is 1. The van der Waals surface area contributed by atoms with Crippen molar-refractivity contribution in [3.63, 3.8) is 0 Å². The van der Waals surface area contributed by atoms with E-state index in [-0.39, 0.29) is 6.42 Å². The summed E-state index contributed by atoms with van der Waals surface area (Å²) in [5, 5.41) is 0.474. The predicted molar refractivity (Wildman–Crippen MR) is 57.3 cm³/mol. The molecule has 13 heavy (non-hydrogen) atoms. The molecule has 1 nitrogen and oxygen atoms in total. The Hall–Kier alpha value is -0.160. The molecular weight excluding hydrogens is 305 g/mol. The first-order valence-electron chi connectivity index (χ1n) is 3.72. The molecule has 1 aromatic carbocycles. The summed E-state index contributed by atoms with van der Waals surface area (Å²) in [6.45, 7) is 0. The Kier molecular flexibility index (Phi) is 2.11. The number of carbonyl (C=O) groups is 1. The van der Waals surface area contributed by atoms with Crippen molar-refractivity contribution in [2.45, 2.75) is 10.1 Å². The van der Waals surface area contributed by atoms with Crippen molar-refractivity contribution in [3.8, 4) is 0 Å². The lowest BCUT2D eigenvalue weighted by Crippen LogP contribution is -2.21. The van der Waals surface area contributed by atoms with Crippen LogP contribution in [-0.4, -0.2) is 9.46 Å². The zero-order valence-electron chi connectivity index (χ0n) is 6.48. The third-order valence-corrected chi connectivity index (χ3v) is 3.32. The molecule has 0 radical (unpaired) electrons. The summed E-state index contributed by atoms with van der Waals surface area (Å²) in [4.78, 5) is 11.4. The second-order valence-corrected chi connectivity index (χ2v) is 5.09. The highest BCUT2D eigenvalue weighted by molar-refractivity contribution is 14.1. The summed E-state index contributed by atoms with van der Waals surface area (Å²) >= 11 is 7.37. The van der Waals surface area contributed by atoms with Gasteiger partial charge in [-0.3, -0.25) is 4.79 Å². The van der Waals surface area contributed by atoms with Gasteiger partial charge in [-0.05, 0) is 34.2 Å². The maximum Gasteiger partial charge on any atom is 0.227 e. The highest BCUT2D eigenvalue weighted by Crippen LogP contribution is 2.40. The van der Waals surface area contributed by atoms with Crippen LogP contribution in [0.25, 0.3) is 0 Å².